The predicted molar refractivity (Wildman–Crippen MR) is 93.5 cm³/mol. The fourth-order valence-electron chi connectivity index (χ4n) is 3.42. The standard InChI is InChI=1S/C20H20N2O3/c23-19(15-6-2-1-3-7-15)21-10-12-22(13-11-21)20(24)18-14-16-8-4-5-9-17(16)25-18/h1-9,18H,10-14H2. The third kappa shape index (κ3) is 3.09. The number of fused-ring (bicyclic) bond motifs is 1. The molecule has 2 amide bonds. The Hall–Kier alpha value is -2.82. The van der Waals surface area contributed by atoms with Gasteiger partial charge < -0.3 is 14.5 Å². The molecule has 1 unspecified atom stereocenters. The summed E-state index contributed by atoms with van der Waals surface area (Å²) in [7, 11) is 0. The van der Waals surface area contributed by atoms with E-state index in [9.17, 15) is 9.59 Å². The van der Waals surface area contributed by atoms with Gasteiger partial charge in [-0.05, 0) is 23.8 Å². The van der Waals surface area contributed by atoms with Crippen LogP contribution in [-0.2, 0) is 11.2 Å². The lowest BCUT2D eigenvalue weighted by Crippen LogP contribution is -2.53. The van der Waals surface area contributed by atoms with Crippen molar-refractivity contribution in [1.29, 1.82) is 0 Å². The minimum Gasteiger partial charge on any atom is -0.480 e. The van der Waals surface area contributed by atoms with Crippen LogP contribution in [0.3, 0.4) is 0 Å². The zero-order valence-electron chi connectivity index (χ0n) is 13.9. The molecule has 1 atom stereocenters. The highest BCUT2D eigenvalue weighted by Gasteiger charge is 2.34. The van der Waals surface area contributed by atoms with Crippen molar-refractivity contribution >= 4 is 11.8 Å². The average molecular weight is 336 g/mol. The van der Waals surface area contributed by atoms with Gasteiger partial charge in [0, 0.05) is 38.2 Å². The number of rotatable bonds is 2. The molecule has 0 radical (unpaired) electrons. The number of amides is 2. The van der Waals surface area contributed by atoms with Crippen molar-refractivity contribution in [3.8, 4) is 5.75 Å². The highest BCUT2D eigenvalue weighted by Crippen LogP contribution is 2.29. The van der Waals surface area contributed by atoms with E-state index in [1.165, 1.54) is 0 Å². The van der Waals surface area contributed by atoms with Crippen molar-refractivity contribution < 1.29 is 14.3 Å². The molecule has 5 nitrogen and oxygen atoms in total. The van der Waals surface area contributed by atoms with E-state index < -0.39 is 6.10 Å². The van der Waals surface area contributed by atoms with Crippen molar-refractivity contribution in [3.63, 3.8) is 0 Å². The molecule has 5 heteroatoms. The van der Waals surface area contributed by atoms with E-state index in [1.54, 1.807) is 0 Å². The number of carbonyl (C=O) groups excluding carboxylic acids is 2. The monoisotopic (exact) mass is 336 g/mol. The number of carbonyl (C=O) groups is 2. The minimum absolute atomic E-state index is 0.0167. The first-order valence-electron chi connectivity index (χ1n) is 8.60. The Morgan fingerprint density at radius 2 is 1.48 bits per heavy atom. The maximum atomic E-state index is 12.7. The van der Waals surface area contributed by atoms with Crippen molar-refractivity contribution in [3.05, 3.63) is 65.7 Å². The fourth-order valence-corrected chi connectivity index (χ4v) is 3.42. The molecule has 0 N–H and O–H groups in total. The summed E-state index contributed by atoms with van der Waals surface area (Å²) < 4.78 is 5.79. The van der Waals surface area contributed by atoms with Crippen molar-refractivity contribution in [1.82, 2.24) is 9.80 Å². The smallest absolute Gasteiger partial charge is 0.264 e. The molecule has 1 fully saturated rings. The van der Waals surface area contributed by atoms with Crippen molar-refractivity contribution in [2.24, 2.45) is 0 Å². The third-order valence-corrected chi connectivity index (χ3v) is 4.82. The SMILES string of the molecule is O=C(c1ccccc1)N1CCN(C(=O)C2Cc3ccccc3O2)CC1. The summed E-state index contributed by atoms with van der Waals surface area (Å²) >= 11 is 0. The largest absolute Gasteiger partial charge is 0.480 e. The van der Waals surface area contributed by atoms with Gasteiger partial charge in [-0.15, -0.1) is 0 Å². The number of hydrogen-bond donors (Lipinski definition) is 0. The molecule has 0 saturated carbocycles. The Morgan fingerprint density at radius 3 is 2.20 bits per heavy atom. The Kier molecular flexibility index (Phi) is 4.14. The van der Waals surface area contributed by atoms with Gasteiger partial charge in [0.2, 0.25) is 0 Å². The van der Waals surface area contributed by atoms with E-state index in [1.807, 2.05) is 64.4 Å². The highest BCUT2D eigenvalue weighted by atomic mass is 16.5. The molecule has 0 aliphatic carbocycles. The second-order valence-corrected chi connectivity index (χ2v) is 6.40. The van der Waals surface area contributed by atoms with Gasteiger partial charge in [-0.1, -0.05) is 36.4 Å². The molecule has 4 rings (SSSR count). The first kappa shape index (κ1) is 15.7. The van der Waals surface area contributed by atoms with E-state index >= 15 is 0 Å². The molecule has 25 heavy (non-hydrogen) atoms. The lowest BCUT2D eigenvalue weighted by molar-refractivity contribution is -0.139. The summed E-state index contributed by atoms with van der Waals surface area (Å²) in [5, 5.41) is 0. The Bertz CT molecular complexity index is 758. The van der Waals surface area contributed by atoms with Gasteiger partial charge >= 0.3 is 0 Å². The van der Waals surface area contributed by atoms with E-state index in [4.69, 9.17) is 4.74 Å². The second kappa shape index (κ2) is 6.59. The highest BCUT2D eigenvalue weighted by molar-refractivity contribution is 5.94. The number of ether oxygens (including phenoxy) is 1. The predicted octanol–water partition coefficient (Wildman–Crippen LogP) is 1.97. The van der Waals surface area contributed by atoms with Crippen LogP contribution < -0.4 is 4.74 Å². The molecular formula is C20H20N2O3. The molecule has 2 aromatic carbocycles. The van der Waals surface area contributed by atoms with Crippen LogP contribution in [-0.4, -0.2) is 53.9 Å². The van der Waals surface area contributed by atoms with E-state index in [-0.39, 0.29) is 11.8 Å². The van der Waals surface area contributed by atoms with Crippen LogP contribution in [0.5, 0.6) is 5.75 Å². The Balaban J connectivity index is 1.35. The number of benzene rings is 2. The van der Waals surface area contributed by atoms with E-state index in [2.05, 4.69) is 0 Å². The topological polar surface area (TPSA) is 49.9 Å². The molecule has 2 aliphatic heterocycles. The van der Waals surface area contributed by atoms with Gasteiger partial charge in [0.1, 0.15) is 5.75 Å². The van der Waals surface area contributed by atoms with Crippen LogP contribution in [0.2, 0.25) is 0 Å². The Labute approximate surface area is 146 Å². The second-order valence-electron chi connectivity index (χ2n) is 6.40. The summed E-state index contributed by atoms with van der Waals surface area (Å²) in [5.41, 5.74) is 1.77. The lowest BCUT2D eigenvalue weighted by Gasteiger charge is -2.35. The van der Waals surface area contributed by atoms with Gasteiger partial charge in [-0.2, -0.15) is 0 Å². The number of para-hydroxylation sites is 1. The van der Waals surface area contributed by atoms with E-state index in [0.29, 0.717) is 38.2 Å². The van der Waals surface area contributed by atoms with Crippen LogP contribution >= 0.6 is 0 Å². The summed E-state index contributed by atoms with van der Waals surface area (Å²) in [6.07, 6.45) is 0.187. The first-order chi connectivity index (χ1) is 12.2. The summed E-state index contributed by atoms with van der Waals surface area (Å²) in [4.78, 5) is 28.8. The molecule has 0 aromatic heterocycles. The van der Waals surface area contributed by atoms with Gasteiger partial charge in [0.05, 0.1) is 0 Å². The molecule has 2 heterocycles. The van der Waals surface area contributed by atoms with Crippen LogP contribution in [0.1, 0.15) is 15.9 Å². The lowest BCUT2D eigenvalue weighted by atomic mass is 10.1. The van der Waals surface area contributed by atoms with Crippen LogP contribution in [0.4, 0.5) is 0 Å². The zero-order chi connectivity index (χ0) is 17.2. The molecule has 2 aromatic rings. The van der Waals surface area contributed by atoms with Crippen LogP contribution in [0.15, 0.2) is 54.6 Å². The number of hydrogen-bond acceptors (Lipinski definition) is 3. The van der Waals surface area contributed by atoms with Gasteiger partial charge in [0.25, 0.3) is 11.8 Å². The quantitative estimate of drug-likeness (QED) is 0.842. The third-order valence-electron chi connectivity index (χ3n) is 4.82. The Morgan fingerprint density at radius 1 is 0.840 bits per heavy atom. The minimum atomic E-state index is -0.436. The molecule has 0 bridgehead atoms. The summed E-state index contributed by atoms with van der Waals surface area (Å²) in [5.74, 6) is 0.846. The van der Waals surface area contributed by atoms with Gasteiger partial charge in [-0.25, -0.2) is 0 Å². The molecule has 2 aliphatic rings. The van der Waals surface area contributed by atoms with E-state index in [0.717, 1.165) is 11.3 Å². The van der Waals surface area contributed by atoms with Gasteiger partial charge in [0.15, 0.2) is 6.10 Å². The average Bonchev–Trinajstić information content (AvgIpc) is 3.12. The molecule has 0 spiro atoms. The summed E-state index contributed by atoms with van der Waals surface area (Å²) in [6.45, 7) is 2.21. The number of nitrogens with zero attached hydrogens (tertiary/aromatic N) is 2. The van der Waals surface area contributed by atoms with Gasteiger partial charge in [-0.3, -0.25) is 9.59 Å². The molecule has 128 valence electrons. The molecule has 1 saturated heterocycles. The maximum absolute atomic E-state index is 12.7. The van der Waals surface area contributed by atoms with Crippen molar-refractivity contribution in [2.75, 3.05) is 26.2 Å². The van der Waals surface area contributed by atoms with Crippen LogP contribution in [0, 0.1) is 0 Å². The number of piperazine rings is 1. The summed E-state index contributed by atoms with van der Waals surface area (Å²) in [6, 6.07) is 17.0. The normalized spacial score (nSPS) is 19.3. The molecular weight excluding hydrogens is 316 g/mol. The maximum Gasteiger partial charge on any atom is 0.264 e. The van der Waals surface area contributed by atoms with Crippen molar-refractivity contribution in [2.45, 2.75) is 12.5 Å². The zero-order valence-corrected chi connectivity index (χ0v) is 13.9. The fraction of sp³-hybridized carbons (Fsp3) is 0.300. The van der Waals surface area contributed by atoms with Crippen LogP contribution in [0.25, 0.3) is 0 Å². The first-order valence-corrected chi connectivity index (χ1v) is 8.60.